The average molecular weight is 420 g/mol. The van der Waals surface area contributed by atoms with Gasteiger partial charge in [-0.1, -0.05) is 11.6 Å². The number of allylic oxidation sites excluding steroid dienone is 4. The minimum absolute atomic E-state index is 0.0550. The van der Waals surface area contributed by atoms with Crippen molar-refractivity contribution >= 4 is 23.4 Å². The number of amides is 2. The van der Waals surface area contributed by atoms with Crippen LogP contribution in [0.2, 0.25) is 0 Å². The lowest BCUT2D eigenvalue weighted by Gasteiger charge is -2.25. The predicted octanol–water partition coefficient (Wildman–Crippen LogP) is 2.58. The summed E-state index contributed by atoms with van der Waals surface area (Å²) >= 11 is 5.93. The number of hydrogen-bond donors (Lipinski definition) is 1. The molecule has 1 saturated heterocycles. The van der Waals surface area contributed by atoms with Crippen molar-refractivity contribution in [2.24, 2.45) is 0 Å². The van der Waals surface area contributed by atoms with E-state index in [2.05, 4.69) is 15.4 Å². The Morgan fingerprint density at radius 1 is 1.28 bits per heavy atom. The lowest BCUT2D eigenvalue weighted by molar-refractivity contribution is -0.123. The largest absolute Gasteiger partial charge is 0.353 e. The summed E-state index contributed by atoms with van der Waals surface area (Å²) in [6.45, 7) is 0.653. The first-order valence-corrected chi connectivity index (χ1v) is 9.30. The maximum atomic E-state index is 13.7. The molecule has 1 unspecified atom stereocenters. The molecule has 7 nitrogen and oxygen atoms in total. The van der Waals surface area contributed by atoms with Crippen molar-refractivity contribution in [2.45, 2.75) is 12.5 Å². The summed E-state index contributed by atoms with van der Waals surface area (Å²) in [7, 11) is 0. The molecule has 1 atom stereocenters. The van der Waals surface area contributed by atoms with Crippen LogP contribution < -0.4 is 5.32 Å². The quantitative estimate of drug-likeness (QED) is 0.829. The Kier molecular flexibility index (Phi) is 5.14. The third-order valence-electron chi connectivity index (χ3n) is 4.70. The molecule has 1 aliphatic carbocycles. The fraction of sp³-hybridized carbons (Fsp3) is 0.263. The van der Waals surface area contributed by atoms with Crippen molar-refractivity contribution in [3.05, 3.63) is 59.0 Å². The third kappa shape index (κ3) is 3.91. The van der Waals surface area contributed by atoms with Gasteiger partial charge in [0.05, 0.1) is 29.5 Å². The summed E-state index contributed by atoms with van der Waals surface area (Å²) in [5.74, 6) is -1.74. The Labute approximate surface area is 169 Å². The van der Waals surface area contributed by atoms with Crippen LogP contribution in [0.1, 0.15) is 23.0 Å². The highest BCUT2D eigenvalue weighted by Crippen LogP contribution is 2.33. The van der Waals surface area contributed by atoms with Crippen LogP contribution >= 0.6 is 11.6 Å². The van der Waals surface area contributed by atoms with Gasteiger partial charge in [0.2, 0.25) is 5.91 Å². The Morgan fingerprint density at radius 3 is 2.83 bits per heavy atom. The Hall–Kier alpha value is -3.07. The molecule has 0 saturated carbocycles. The first kappa shape index (κ1) is 19.3. The van der Waals surface area contributed by atoms with Crippen molar-refractivity contribution < 1.29 is 18.4 Å². The van der Waals surface area contributed by atoms with Gasteiger partial charge in [0.25, 0.3) is 5.91 Å². The van der Waals surface area contributed by atoms with E-state index in [-0.39, 0.29) is 29.6 Å². The number of nitrogens with zero attached hydrogens (tertiary/aromatic N) is 4. The third-order valence-corrected chi connectivity index (χ3v) is 5.01. The zero-order valence-electron chi connectivity index (χ0n) is 15.1. The van der Waals surface area contributed by atoms with Crippen molar-refractivity contribution in [1.29, 1.82) is 0 Å². The lowest BCUT2D eigenvalue weighted by Crippen LogP contribution is -2.50. The standard InChI is InChI=1S/C19H16ClF2N5O2/c20-14-6-13(1-2-15(14)22)27-17(11-5-12(21)9-23-8-11)7-16(25-27)19(29)26-4-3-24-18(28)10-26/h2,5-9,13H,1,3-4,10H2,(H,24,28). The van der Waals surface area contributed by atoms with Crippen LogP contribution in [0.25, 0.3) is 11.3 Å². The van der Waals surface area contributed by atoms with E-state index in [9.17, 15) is 18.4 Å². The number of pyridine rings is 1. The second-order valence-corrected chi connectivity index (χ2v) is 7.10. The molecule has 4 rings (SSSR count). The number of carbonyl (C=O) groups excluding carboxylic acids is 2. The number of rotatable bonds is 3. The molecule has 0 bridgehead atoms. The first-order chi connectivity index (χ1) is 13.9. The molecule has 2 amide bonds. The molecule has 2 aromatic heterocycles. The highest BCUT2D eigenvalue weighted by Gasteiger charge is 2.27. The maximum absolute atomic E-state index is 13.7. The second-order valence-electron chi connectivity index (χ2n) is 6.70. The van der Waals surface area contributed by atoms with Crippen molar-refractivity contribution in [3.8, 4) is 11.3 Å². The highest BCUT2D eigenvalue weighted by atomic mass is 35.5. The number of hydrogen-bond acceptors (Lipinski definition) is 4. The molecule has 3 heterocycles. The summed E-state index contributed by atoms with van der Waals surface area (Å²) in [5.41, 5.74) is 0.939. The number of aromatic nitrogens is 3. The molecule has 10 heteroatoms. The minimum atomic E-state index is -0.543. The monoisotopic (exact) mass is 419 g/mol. The molecule has 150 valence electrons. The fourth-order valence-corrected chi connectivity index (χ4v) is 3.52. The SMILES string of the molecule is O=C1CN(C(=O)c2cc(-c3cncc(F)c3)n(C3C=C(Cl)C(F)=CC3)n2)CCN1. The van der Waals surface area contributed by atoms with Gasteiger partial charge in [0.15, 0.2) is 5.69 Å². The zero-order valence-corrected chi connectivity index (χ0v) is 15.9. The Morgan fingerprint density at radius 2 is 2.10 bits per heavy atom. The van der Waals surface area contributed by atoms with Gasteiger partial charge >= 0.3 is 0 Å². The van der Waals surface area contributed by atoms with Gasteiger partial charge in [-0.15, -0.1) is 0 Å². The molecule has 0 aromatic carbocycles. The molecular formula is C19H16ClF2N5O2. The normalized spacial score (nSPS) is 19.5. The molecule has 1 fully saturated rings. The Balaban J connectivity index is 1.75. The van der Waals surface area contributed by atoms with Gasteiger partial charge in [-0.25, -0.2) is 8.78 Å². The fourth-order valence-electron chi connectivity index (χ4n) is 3.30. The molecule has 0 spiro atoms. The van der Waals surface area contributed by atoms with E-state index in [0.717, 1.165) is 6.20 Å². The van der Waals surface area contributed by atoms with Crippen molar-refractivity contribution in [1.82, 2.24) is 25.0 Å². The summed E-state index contributed by atoms with van der Waals surface area (Å²) in [6.07, 6.45) is 5.60. The van der Waals surface area contributed by atoms with Gasteiger partial charge in [-0.3, -0.25) is 19.3 Å². The van der Waals surface area contributed by atoms with Crippen LogP contribution in [0.15, 0.2) is 47.5 Å². The number of piperazine rings is 1. The smallest absolute Gasteiger partial charge is 0.274 e. The predicted molar refractivity (Wildman–Crippen MR) is 101 cm³/mol. The van der Waals surface area contributed by atoms with Crippen LogP contribution in [-0.2, 0) is 4.79 Å². The molecule has 1 aliphatic heterocycles. The Bertz CT molecular complexity index is 1050. The lowest BCUT2D eigenvalue weighted by atomic mass is 10.1. The van der Waals surface area contributed by atoms with E-state index in [1.165, 1.54) is 40.1 Å². The number of halogens is 3. The molecule has 2 aliphatic rings. The summed E-state index contributed by atoms with van der Waals surface area (Å²) in [6, 6.07) is 2.32. The van der Waals surface area contributed by atoms with E-state index in [1.807, 2.05) is 0 Å². The van der Waals surface area contributed by atoms with E-state index in [1.54, 1.807) is 0 Å². The van der Waals surface area contributed by atoms with Crippen LogP contribution in [0, 0.1) is 5.82 Å². The van der Waals surface area contributed by atoms with Gasteiger partial charge in [-0.2, -0.15) is 5.10 Å². The maximum Gasteiger partial charge on any atom is 0.274 e. The van der Waals surface area contributed by atoms with E-state index >= 15 is 0 Å². The van der Waals surface area contributed by atoms with Crippen molar-refractivity contribution in [2.75, 3.05) is 19.6 Å². The molecule has 1 N–H and O–H groups in total. The minimum Gasteiger partial charge on any atom is -0.353 e. The summed E-state index contributed by atoms with van der Waals surface area (Å²) < 4.78 is 28.9. The van der Waals surface area contributed by atoms with Gasteiger partial charge in [-0.05, 0) is 30.7 Å². The van der Waals surface area contributed by atoms with E-state index < -0.39 is 23.6 Å². The van der Waals surface area contributed by atoms with Gasteiger partial charge < -0.3 is 10.2 Å². The summed E-state index contributed by atoms with van der Waals surface area (Å²) in [4.78, 5) is 29.7. The van der Waals surface area contributed by atoms with Crippen LogP contribution in [-0.4, -0.2) is 51.1 Å². The van der Waals surface area contributed by atoms with Crippen LogP contribution in [0.3, 0.4) is 0 Å². The molecule has 29 heavy (non-hydrogen) atoms. The second kappa shape index (κ2) is 7.75. The highest BCUT2D eigenvalue weighted by molar-refractivity contribution is 6.31. The number of carbonyl (C=O) groups is 2. The average Bonchev–Trinajstić information content (AvgIpc) is 3.15. The molecular weight excluding hydrogens is 404 g/mol. The van der Waals surface area contributed by atoms with Crippen LogP contribution in [0.5, 0.6) is 0 Å². The van der Waals surface area contributed by atoms with Gasteiger partial charge in [0.1, 0.15) is 11.6 Å². The number of nitrogens with one attached hydrogen (secondary N) is 1. The van der Waals surface area contributed by atoms with Crippen LogP contribution in [0.4, 0.5) is 8.78 Å². The molecule has 0 radical (unpaired) electrons. The molecule has 2 aromatic rings. The first-order valence-electron chi connectivity index (χ1n) is 8.92. The van der Waals surface area contributed by atoms with E-state index in [0.29, 0.717) is 24.3 Å². The van der Waals surface area contributed by atoms with Gasteiger partial charge in [0, 0.05) is 24.8 Å². The van der Waals surface area contributed by atoms with Crippen molar-refractivity contribution in [3.63, 3.8) is 0 Å². The van der Waals surface area contributed by atoms with E-state index in [4.69, 9.17) is 11.6 Å². The topological polar surface area (TPSA) is 80.1 Å². The zero-order chi connectivity index (χ0) is 20.5. The summed E-state index contributed by atoms with van der Waals surface area (Å²) in [5, 5.41) is 6.99.